The van der Waals surface area contributed by atoms with Crippen molar-refractivity contribution in [2.24, 2.45) is 0 Å². The lowest BCUT2D eigenvalue weighted by molar-refractivity contribution is 0.288. The van der Waals surface area contributed by atoms with Crippen LogP contribution in [0.1, 0.15) is 55.2 Å². The molecular weight excluding hydrogens is 336 g/mol. The van der Waals surface area contributed by atoms with E-state index in [0.29, 0.717) is 0 Å². The molecule has 3 heterocycles. The van der Waals surface area contributed by atoms with E-state index in [1.165, 1.54) is 22.4 Å². The van der Waals surface area contributed by atoms with Crippen LogP contribution >= 0.6 is 0 Å². The molecule has 0 fully saturated rings. The van der Waals surface area contributed by atoms with E-state index in [0.717, 1.165) is 49.6 Å². The fourth-order valence-electron chi connectivity index (χ4n) is 4.10. The number of imidazole rings is 1. The number of hydrogen-bond donors (Lipinski definition) is 0. The molecule has 0 saturated heterocycles. The van der Waals surface area contributed by atoms with Gasteiger partial charge in [0, 0.05) is 17.8 Å². The zero-order valence-electron chi connectivity index (χ0n) is 16.7. The minimum absolute atomic E-state index is 0.197. The van der Waals surface area contributed by atoms with E-state index < -0.39 is 0 Å². The first-order valence-electron chi connectivity index (χ1n) is 9.92. The third kappa shape index (κ3) is 3.15. The van der Waals surface area contributed by atoms with Crippen molar-refractivity contribution >= 4 is 0 Å². The van der Waals surface area contributed by atoms with Crippen LogP contribution in [0.3, 0.4) is 0 Å². The van der Waals surface area contributed by atoms with Crippen LogP contribution in [0.5, 0.6) is 5.75 Å². The molecule has 142 valence electrons. The molecule has 2 aromatic heterocycles. The monoisotopic (exact) mass is 364 g/mol. The van der Waals surface area contributed by atoms with Crippen molar-refractivity contribution < 1.29 is 4.74 Å². The van der Waals surface area contributed by atoms with Crippen LogP contribution < -0.4 is 4.74 Å². The summed E-state index contributed by atoms with van der Waals surface area (Å²) < 4.78 is 10.1. The van der Waals surface area contributed by atoms with Gasteiger partial charge in [-0.15, -0.1) is 0 Å². The first-order chi connectivity index (χ1) is 13.1. The van der Waals surface area contributed by atoms with Crippen molar-refractivity contribution in [1.29, 1.82) is 0 Å². The number of hydrogen-bond acceptors (Lipinski definition) is 3. The molecule has 0 unspecified atom stereocenters. The summed E-state index contributed by atoms with van der Waals surface area (Å²) in [5.41, 5.74) is 7.21. The van der Waals surface area contributed by atoms with Crippen LogP contribution in [0.15, 0.2) is 30.7 Å². The lowest BCUT2D eigenvalue weighted by Crippen LogP contribution is -2.11. The van der Waals surface area contributed by atoms with E-state index in [9.17, 15) is 0 Å². The second-order valence-electron chi connectivity index (χ2n) is 7.45. The van der Waals surface area contributed by atoms with Gasteiger partial charge in [0.2, 0.25) is 0 Å². The number of aryl methyl sites for hydroxylation is 3. The molecule has 0 bridgehead atoms. The molecule has 0 amide bonds. The minimum atomic E-state index is 0.197. The Morgan fingerprint density at radius 1 is 1.26 bits per heavy atom. The maximum atomic E-state index is 5.77. The van der Waals surface area contributed by atoms with Crippen molar-refractivity contribution in [2.75, 3.05) is 6.61 Å². The van der Waals surface area contributed by atoms with Crippen molar-refractivity contribution in [3.05, 3.63) is 53.2 Å². The summed E-state index contributed by atoms with van der Waals surface area (Å²) in [5.74, 6) is 1.04. The maximum absolute atomic E-state index is 5.77. The molecule has 0 radical (unpaired) electrons. The molecule has 0 aliphatic carbocycles. The summed E-state index contributed by atoms with van der Waals surface area (Å²) in [6.07, 6.45) is 7.16. The van der Waals surface area contributed by atoms with E-state index in [4.69, 9.17) is 9.84 Å². The minimum Gasteiger partial charge on any atom is -0.493 e. The highest BCUT2D eigenvalue weighted by molar-refractivity contribution is 5.65. The van der Waals surface area contributed by atoms with Crippen LogP contribution in [-0.2, 0) is 13.0 Å². The zero-order chi connectivity index (χ0) is 19.0. The second kappa shape index (κ2) is 7.22. The Hall–Kier alpha value is -2.56. The SMILES string of the molecule is CCCn1nc(C)c(-c2cncn2[C@H](C)c2ccc3c(c2)CCCO3)c1C. The summed E-state index contributed by atoms with van der Waals surface area (Å²) in [6.45, 7) is 10.4. The van der Waals surface area contributed by atoms with Crippen LogP contribution in [0.4, 0.5) is 0 Å². The molecule has 1 atom stereocenters. The standard InChI is InChI=1S/C22H28N4O/c1-5-10-26-17(4)22(15(2)24-26)20-13-23-14-25(20)16(3)18-8-9-21-19(12-18)7-6-11-27-21/h8-9,12-14,16H,5-7,10-11H2,1-4H3/t16-/m1/s1. The van der Waals surface area contributed by atoms with Gasteiger partial charge in [0.25, 0.3) is 0 Å². The third-order valence-corrected chi connectivity index (χ3v) is 5.57. The highest BCUT2D eigenvalue weighted by Gasteiger charge is 2.21. The summed E-state index contributed by atoms with van der Waals surface area (Å²) in [4.78, 5) is 4.47. The lowest BCUT2D eigenvalue weighted by Gasteiger charge is -2.22. The van der Waals surface area contributed by atoms with Crippen molar-refractivity contribution in [3.8, 4) is 17.0 Å². The van der Waals surface area contributed by atoms with Crippen LogP contribution in [0, 0.1) is 13.8 Å². The Balaban J connectivity index is 1.72. The molecule has 0 spiro atoms. The Labute approximate surface area is 161 Å². The number of aromatic nitrogens is 4. The Bertz CT molecular complexity index is 953. The van der Waals surface area contributed by atoms with Gasteiger partial charge in [-0.05, 0) is 57.2 Å². The molecule has 5 heteroatoms. The summed E-state index contributed by atoms with van der Waals surface area (Å²) in [7, 11) is 0. The van der Waals surface area contributed by atoms with Crippen LogP contribution in [0.25, 0.3) is 11.3 Å². The van der Waals surface area contributed by atoms with E-state index in [1.807, 2.05) is 12.5 Å². The number of ether oxygens (including phenoxy) is 1. The molecule has 1 aliphatic heterocycles. The predicted octanol–water partition coefficient (Wildman–Crippen LogP) is 4.71. The quantitative estimate of drug-likeness (QED) is 0.659. The summed E-state index contributed by atoms with van der Waals surface area (Å²) in [6, 6.07) is 6.79. The first kappa shape index (κ1) is 17.8. The predicted molar refractivity (Wildman–Crippen MR) is 107 cm³/mol. The molecule has 5 nitrogen and oxygen atoms in total. The van der Waals surface area contributed by atoms with Gasteiger partial charge in [-0.25, -0.2) is 4.98 Å². The summed E-state index contributed by atoms with van der Waals surface area (Å²) in [5, 5.41) is 4.75. The van der Waals surface area contributed by atoms with Crippen LogP contribution in [-0.4, -0.2) is 25.9 Å². The van der Waals surface area contributed by atoms with Crippen molar-refractivity contribution in [3.63, 3.8) is 0 Å². The van der Waals surface area contributed by atoms with Gasteiger partial charge in [0.1, 0.15) is 5.75 Å². The fraction of sp³-hybridized carbons (Fsp3) is 0.455. The van der Waals surface area contributed by atoms with Crippen LogP contribution in [0.2, 0.25) is 0 Å². The zero-order valence-corrected chi connectivity index (χ0v) is 16.7. The molecule has 0 saturated carbocycles. The van der Waals surface area contributed by atoms with Gasteiger partial charge in [-0.2, -0.15) is 5.10 Å². The lowest BCUT2D eigenvalue weighted by atomic mass is 9.99. The normalized spacial score (nSPS) is 14.7. The van der Waals surface area contributed by atoms with Gasteiger partial charge < -0.3 is 9.30 Å². The van der Waals surface area contributed by atoms with E-state index in [1.54, 1.807) is 0 Å². The molecule has 3 aromatic rings. The number of rotatable bonds is 5. The smallest absolute Gasteiger partial charge is 0.122 e. The molecule has 0 N–H and O–H groups in total. The van der Waals surface area contributed by atoms with E-state index in [2.05, 4.69) is 60.1 Å². The second-order valence-corrected chi connectivity index (χ2v) is 7.45. The summed E-state index contributed by atoms with van der Waals surface area (Å²) >= 11 is 0. The Morgan fingerprint density at radius 2 is 2.11 bits per heavy atom. The Kier molecular flexibility index (Phi) is 4.77. The van der Waals surface area contributed by atoms with Gasteiger partial charge in [0.15, 0.2) is 0 Å². The van der Waals surface area contributed by atoms with E-state index >= 15 is 0 Å². The number of benzene rings is 1. The van der Waals surface area contributed by atoms with Gasteiger partial charge in [0.05, 0.1) is 36.6 Å². The average molecular weight is 364 g/mol. The van der Waals surface area contributed by atoms with Gasteiger partial charge in [-0.3, -0.25) is 4.68 Å². The first-order valence-corrected chi connectivity index (χ1v) is 9.92. The molecular formula is C22H28N4O. The highest BCUT2D eigenvalue weighted by atomic mass is 16.5. The van der Waals surface area contributed by atoms with Crippen molar-refractivity contribution in [2.45, 2.75) is 59.5 Å². The van der Waals surface area contributed by atoms with E-state index in [-0.39, 0.29) is 6.04 Å². The third-order valence-electron chi connectivity index (χ3n) is 5.57. The largest absolute Gasteiger partial charge is 0.493 e. The van der Waals surface area contributed by atoms with Gasteiger partial charge in [-0.1, -0.05) is 19.1 Å². The molecule has 4 rings (SSSR count). The molecule has 1 aliphatic rings. The average Bonchev–Trinajstić information content (AvgIpc) is 3.25. The number of nitrogens with zero attached hydrogens (tertiary/aromatic N) is 4. The van der Waals surface area contributed by atoms with Gasteiger partial charge >= 0.3 is 0 Å². The Morgan fingerprint density at radius 3 is 2.93 bits per heavy atom. The maximum Gasteiger partial charge on any atom is 0.122 e. The number of fused-ring (bicyclic) bond motifs is 1. The topological polar surface area (TPSA) is 44.9 Å². The molecule has 1 aromatic carbocycles. The fourth-order valence-corrected chi connectivity index (χ4v) is 4.10. The highest BCUT2D eigenvalue weighted by Crippen LogP contribution is 2.33. The van der Waals surface area contributed by atoms with Crippen molar-refractivity contribution in [1.82, 2.24) is 19.3 Å². The molecule has 27 heavy (non-hydrogen) atoms.